The first kappa shape index (κ1) is 12.3. The molecule has 3 nitrogen and oxygen atoms in total. The quantitative estimate of drug-likeness (QED) is 0.850. The predicted molar refractivity (Wildman–Crippen MR) is 73.7 cm³/mol. The highest BCUT2D eigenvalue weighted by atomic mass is 79.9. The highest BCUT2D eigenvalue weighted by Gasteiger charge is 2.17. The molecule has 2 aromatic heterocycles. The van der Waals surface area contributed by atoms with E-state index in [-0.39, 0.29) is 5.91 Å². The second kappa shape index (κ2) is 4.98. The first-order valence-corrected chi connectivity index (χ1v) is 6.70. The number of carbonyl (C=O) groups is 1. The van der Waals surface area contributed by atoms with Gasteiger partial charge in [0.2, 0.25) is 0 Å². The summed E-state index contributed by atoms with van der Waals surface area (Å²) < 4.78 is 0.898. The predicted octanol–water partition coefficient (Wildman–Crippen LogP) is 3.49. The van der Waals surface area contributed by atoms with Crippen molar-refractivity contribution in [3.63, 3.8) is 0 Å². The van der Waals surface area contributed by atoms with Crippen LogP contribution in [0.25, 0.3) is 0 Å². The van der Waals surface area contributed by atoms with Crippen molar-refractivity contribution >= 4 is 39.0 Å². The van der Waals surface area contributed by atoms with Gasteiger partial charge in [-0.05, 0) is 52.0 Å². The van der Waals surface area contributed by atoms with Crippen molar-refractivity contribution in [3.05, 3.63) is 44.7 Å². The van der Waals surface area contributed by atoms with E-state index >= 15 is 0 Å². The third-order valence-corrected chi connectivity index (χ3v) is 3.89. The molecule has 0 fully saturated rings. The third kappa shape index (κ3) is 2.56. The second-order valence-electron chi connectivity index (χ2n) is 3.63. The van der Waals surface area contributed by atoms with Gasteiger partial charge >= 0.3 is 0 Å². The van der Waals surface area contributed by atoms with E-state index in [1.807, 2.05) is 30.5 Å². The topological polar surface area (TPSA) is 33.2 Å². The number of aryl methyl sites for hydroxylation is 1. The number of thiophene rings is 1. The van der Waals surface area contributed by atoms with Gasteiger partial charge in [-0.1, -0.05) is 0 Å². The fraction of sp³-hybridized carbons (Fsp3) is 0.167. The number of anilines is 1. The molecule has 0 saturated heterocycles. The maximum absolute atomic E-state index is 12.2. The molecular weight excluding hydrogens is 300 g/mol. The number of pyridine rings is 1. The van der Waals surface area contributed by atoms with E-state index < -0.39 is 0 Å². The standard InChI is InChI=1S/C12H11BrN2OS/c1-8-5-6-17-11(8)12(16)15(2)10-4-3-9(13)7-14-10/h3-7H,1-2H3. The Bertz CT molecular complexity index is 536. The fourth-order valence-corrected chi connectivity index (χ4v) is 2.55. The maximum Gasteiger partial charge on any atom is 0.269 e. The summed E-state index contributed by atoms with van der Waals surface area (Å²) in [6.45, 7) is 1.94. The van der Waals surface area contributed by atoms with E-state index in [9.17, 15) is 4.79 Å². The minimum atomic E-state index is -0.0210. The van der Waals surface area contributed by atoms with Crippen LogP contribution in [0.1, 0.15) is 15.2 Å². The Kier molecular flexibility index (Phi) is 3.59. The SMILES string of the molecule is Cc1ccsc1C(=O)N(C)c1ccc(Br)cn1. The molecule has 88 valence electrons. The Morgan fingerprint density at radius 3 is 2.71 bits per heavy atom. The highest BCUT2D eigenvalue weighted by Crippen LogP contribution is 2.21. The van der Waals surface area contributed by atoms with Crippen LogP contribution in [0.4, 0.5) is 5.82 Å². The second-order valence-corrected chi connectivity index (χ2v) is 5.46. The summed E-state index contributed by atoms with van der Waals surface area (Å²) in [6, 6.07) is 5.62. The van der Waals surface area contributed by atoms with Crippen LogP contribution in [0.5, 0.6) is 0 Å². The van der Waals surface area contributed by atoms with Crippen molar-refractivity contribution in [2.45, 2.75) is 6.92 Å². The van der Waals surface area contributed by atoms with Crippen LogP contribution < -0.4 is 4.90 Å². The van der Waals surface area contributed by atoms with Gasteiger partial charge in [-0.15, -0.1) is 11.3 Å². The van der Waals surface area contributed by atoms with Gasteiger partial charge in [0.05, 0.1) is 4.88 Å². The van der Waals surface area contributed by atoms with Gasteiger partial charge in [0.25, 0.3) is 5.91 Å². The minimum absolute atomic E-state index is 0.0210. The van der Waals surface area contributed by atoms with Crippen LogP contribution >= 0.6 is 27.3 Å². The van der Waals surface area contributed by atoms with Gasteiger partial charge in [-0.3, -0.25) is 9.69 Å². The number of aromatic nitrogens is 1. The van der Waals surface area contributed by atoms with Crippen LogP contribution in [0, 0.1) is 6.92 Å². The molecule has 0 unspecified atom stereocenters. The number of rotatable bonds is 2. The molecule has 1 amide bonds. The lowest BCUT2D eigenvalue weighted by Gasteiger charge is -2.15. The number of nitrogens with zero attached hydrogens (tertiary/aromatic N) is 2. The summed E-state index contributed by atoms with van der Waals surface area (Å²) in [6.07, 6.45) is 1.68. The van der Waals surface area contributed by atoms with E-state index in [2.05, 4.69) is 20.9 Å². The van der Waals surface area contributed by atoms with Crippen molar-refractivity contribution in [1.29, 1.82) is 0 Å². The van der Waals surface area contributed by atoms with Gasteiger partial charge < -0.3 is 0 Å². The molecule has 0 saturated carbocycles. The van der Waals surface area contributed by atoms with Crippen LogP contribution in [0.2, 0.25) is 0 Å². The minimum Gasteiger partial charge on any atom is -0.295 e. The van der Waals surface area contributed by atoms with Crippen molar-refractivity contribution in [3.8, 4) is 0 Å². The van der Waals surface area contributed by atoms with Gasteiger partial charge in [0.15, 0.2) is 0 Å². The summed E-state index contributed by atoms with van der Waals surface area (Å²) in [5.74, 6) is 0.623. The van der Waals surface area contributed by atoms with Crippen molar-refractivity contribution in [2.24, 2.45) is 0 Å². The van der Waals surface area contributed by atoms with E-state index in [1.54, 1.807) is 18.1 Å². The molecule has 0 radical (unpaired) electrons. The number of hydrogen-bond donors (Lipinski definition) is 0. The monoisotopic (exact) mass is 310 g/mol. The van der Waals surface area contributed by atoms with Crippen LogP contribution in [-0.2, 0) is 0 Å². The van der Waals surface area contributed by atoms with Gasteiger partial charge in [-0.25, -0.2) is 4.98 Å². The molecule has 2 rings (SSSR count). The Balaban J connectivity index is 2.26. The Hall–Kier alpha value is -1.20. The van der Waals surface area contributed by atoms with Gasteiger partial charge in [-0.2, -0.15) is 0 Å². The first-order chi connectivity index (χ1) is 8.09. The average molecular weight is 311 g/mol. The first-order valence-electron chi connectivity index (χ1n) is 5.03. The molecule has 0 aliphatic heterocycles. The summed E-state index contributed by atoms with van der Waals surface area (Å²) in [5, 5.41) is 1.92. The van der Waals surface area contributed by atoms with Gasteiger partial charge in [0.1, 0.15) is 5.82 Å². The smallest absolute Gasteiger partial charge is 0.269 e. The number of halogens is 1. The largest absolute Gasteiger partial charge is 0.295 e. The zero-order valence-corrected chi connectivity index (χ0v) is 11.9. The molecule has 0 aliphatic carbocycles. The normalized spacial score (nSPS) is 10.3. The summed E-state index contributed by atoms with van der Waals surface area (Å²) in [7, 11) is 1.73. The lowest BCUT2D eigenvalue weighted by Crippen LogP contribution is -2.26. The summed E-state index contributed by atoms with van der Waals surface area (Å²) in [5.41, 5.74) is 1.00. The average Bonchev–Trinajstić information content (AvgIpc) is 2.74. The Morgan fingerprint density at radius 1 is 1.41 bits per heavy atom. The molecule has 0 bridgehead atoms. The van der Waals surface area contributed by atoms with E-state index in [0.29, 0.717) is 5.82 Å². The lowest BCUT2D eigenvalue weighted by molar-refractivity contribution is 0.0995. The zero-order valence-electron chi connectivity index (χ0n) is 9.48. The molecule has 0 atom stereocenters. The van der Waals surface area contributed by atoms with Crippen molar-refractivity contribution < 1.29 is 4.79 Å². The van der Waals surface area contributed by atoms with E-state index in [4.69, 9.17) is 0 Å². The number of amides is 1. The van der Waals surface area contributed by atoms with Crippen LogP contribution in [-0.4, -0.2) is 17.9 Å². The number of hydrogen-bond acceptors (Lipinski definition) is 3. The van der Waals surface area contributed by atoms with Gasteiger partial charge in [0, 0.05) is 17.7 Å². The molecule has 0 aromatic carbocycles. The molecule has 2 heterocycles. The molecule has 17 heavy (non-hydrogen) atoms. The lowest BCUT2D eigenvalue weighted by atomic mass is 10.2. The molecule has 0 aliphatic rings. The summed E-state index contributed by atoms with van der Waals surface area (Å²) in [4.78, 5) is 18.7. The Labute approximate surface area is 112 Å². The van der Waals surface area contributed by atoms with E-state index in [1.165, 1.54) is 11.3 Å². The Morgan fingerprint density at radius 2 is 2.18 bits per heavy atom. The van der Waals surface area contributed by atoms with Crippen molar-refractivity contribution in [2.75, 3.05) is 11.9 Å². The molecular formula is C12H11BrN2OS. The molecule has 2 aromatic rings. The van der Waals surface area contributed by atoms with E-state index in [0.717, 1.165) is 14.9 Å². The third-order valence-electron chi connectivity index (χ3n) is 2.42. The fourth-order valence-electron chi connectivity index (χ4n) is 1.41. The van der Waals surface area contributed by atoms with Crippen LogP contribution in [0.15, 0.2) is 34.2 Å². The number of carbonyl (C=O) groups excluding carboxylic acids is 1. The maximum atomic E-state index is 12.2. The molecule has 0 spiro atoms. The molecule has 0 N–H and O–H groups in total. The molecule has 5 heteroatoms. The van der Waals surface area contributed by atoms with Crippen molar-refractivity contribution in [1.82, 2.24) is 4.98 Å². The zero-order chi connectivity index (χ0) is 12.4. The summed E-state index contributed by atoms with van der Waals surface area (Å²) >= 11 is 4.77. The van der Waals surface area contributed by atoms with Crippen LogP contribution in [0.3, 0.4) is 0 Å². The highest BCUT2D eigenvalue weighted by molar-refractivity contribution is 9.10.